The second-order valence-electron chi connectivity index (χ2n) is 3.97. The maximum atomic E-state index is 11.3. The fraction of sp³-hybridized carbons (Fsp3) is 0.333. The first kappa shape index (κ1) is 12.0. The zero-order chi connectivity index (χ0) is 12.3. The van der Waals surface area contributed by atoms with Crippen LogP contribution < -0.4 is 5.32 Å². The van der Waals surface area contributed by atoms with E-state index in [9.17, 15) is 4.21 Å². The van der Waals surface area contributed by atoms with Gasteiger partial charge in [-0.15, -0.1) is 5.10 Å². The monoisotopic (exact) mass is 249 g/mol. The van der Waals surface area contributed by atoms with Gasteiger partial charge in [-0.05, 0) is 6.92 Å². The summed E-state index contributed by atoms with van der Waals surface area (Å²) in [6.45, 7) is 2.58. The quantitative estimate of drug-likeness (QED) is 0.898. The summed E-state index contributed by atoms with van der Waals surface area (Å²) in [7, 11) is -0.828. The van der Waals surface area contributed by atoms with Crippen LogP contribution in [0.5, 0.6) is 0 Å². The number of fused-ring (bicyclic) bond motifs is 1. The van der Waals surface area contributed by atoms with Gasteiger partial charge in [-0.1, -0.05) is 24.3 Å². The number of nitrogens with one attached hydrogen (secondary N) is 1. The number of hydrogen-bond donors (Lipinski definition) is 1. The Balaban J connectivity index is 2.21. The topological polar surface area (TPSA) is 54.9 Å². The molecule has 0 spiro atoms. The highest BCUT2D eigenvalue weighted by molar-refractivity contribution is 7.84. The fourth-order valence-electron chi connectivity index (χ4n) is 1.52. The van der Waals surface area contributed by atoms with Crippen LogP contribution in [-0.4, -0.2) is 32.5 Å². The van der Waals surface area contributed by atoms with Gasteiger partial charge in [-0.25, -0.2) is 0 Å². The predicted molar refractivity (Wildman–Crippen MR) is 71.6 cm³/mol. The molecule has 0 saturated heterocycles. The van der Waals surface area contributed by atoms with E-state index in [-0.39, 0.29) is 5.25 Å². The van der Waals surface area contributed by atoms with Gasteiger partial charge in [0.15, 0.2) is 5.82 Å². The number of benzene rings is 1. The van der Waals surface area contributed by atoms with Crippen molar-refractivity contribution in [1.29, 1.82) is 0 Å². The third-order valence-electron chi connectivity index (χ3n) is 2.69. The fourth-order valence-corrected chi connectivity index (χ4v) is 1.83. The molecule has 0 amide bonds. The summed E-state index contributed by atoms with van der Waals surface area (Å²) in [4.78, 5) is 0. The second kappa shape index (κ2) is 5.23. The molecule has 0 fully saturated rings. The summed E-state index contributed by atoms with van der Waals surface area (Å²) in [5, 5.41) is 13.4. The highest BCUT2D eigenvalue weighted by Crippen LogP contribution is 2.19. The van der Waals surface area contributed by atoms with Crippen LogP contribution in [0.2, 0.25) is 0 Å². The average molecular weight is 249 g/mol. The number of anilines is 1. The molecule has 0 aliphatic carbocycles. The summed E-state index contributed by atoms with van der Waals surface area (Å²) in [5.41, 5.74) is 0. The van der Waals surface area contributed by atoms with E-state index in [1.54, 1.807) is 12.5 Å². The van der Waals surface area contributed by atoms with E-state index in [1.807, 2.05) is 31.2 Å². The summed E-state index contributed by atoms with van der Waals surface area (Å²) in [5.74, 6) is 0.750. The van der Waals surface area contributed by atoms with E-state index in [4.69, 9.17) is 0 Å². The molecule has 90 valence electrons. The lowest BCUT2D eigenvalue weighted by Gasteiger charge is -2.11. The van der Waals surface area contributed by atoms with Gasteiger partial charge >= 0.3 is 0 Å². The van der Waals surface area contributed by atoms with Crippen molar-refractivity contribution in [2.75, 3.05) is 18.1 Å². The zero-order valence-electron chi connectivity index (χ0n) is 9.88. The molecule has 2 aromatic rings. The molecule has 5 heteroatoms. The van der Waals surface area contributed by atoms with Gasteiger partial charge in [0.2, 0.25) is 0 Å². The normalized spacial score (nSPS) is 14.5. The Morgan fingerprint density at radius 1 is 1.41 bits per heavy atom. The van der Waals surface area contributed by atoms with Crippen molar-refractivity contribution in [3.63, 3.8) is 0 Å². The Morgan fingerprint density at radius 3 is 2.94 bits per heavy atom. The number of nitrogens with zero attached hydrogens (tertiary/aromatic N) is 2. The highest BCUT2D eigenvalue weighted by Gasteiger charge is 2.08. The standard InChI is InChI=1S/C12H15N3OS/c1-9(17(2)16)7-13-12-11-6-4-3-5-10(11)8-14-15-12/h3-6,8-9H,7H2,1-2H3,(H,13,15). The summed E-state index contributed by atoms with van der Waals surface area (Å²) in [6, 6.07) is 7.94. The first-order valence-corrected chi connectivity index (χ1v) is 7.07. The molecule has 1 heterocycles. The molecule has 0 aliphatic rings. The molecule has 0 saturated carbocycles. The van der Waals surface area contributed by atoms with Crippen molar-refractivity contribution in [2.45, 2.75) is 12.2 Å². The minimum absolute atomic E-state index is 0.0933. The van der Waals surface area contributed by atoms with E-state index in [1.165, 1.54) is 0 Å². The average Bonchev–Trinajstić information content (AvgIpc) is 2.35. The van der Waals surface area contributed by atoms with E-state index >= 15 is 0 Å². The molecule has 4 nitrogen and oxygen atoms in total. The molecule has 0 radical (unpaired) electrons. The smallest absolute Gasteiger partial charge is 0.156 e. The van der Waals surface area contributed by atoms with Crippen LogP contribution in [0.15, 0.2) is 30.5 Å². The number of hydrogen-bond acceptors (Lipinski definition) is 4. The van der Waals surface area contributed by atoms with Crippen molar-refractivity contribution < 1.29 is 4.21 Å². The Morgan fingerprint density at radius 2 is 2.18 bits per heavy atom. The van der Waals surface area contributed by atoms with Gasteiger partial charge in [0.1, 0.15) is 0 Å². The van der Waals surface area contributed by atoms with Crippen LogP contribution in [-0.2, 0) is 10.8 Å². The summed E-state index contributed by atoms with van der Waals surface area (Å²) < 4.78 is 11.3. The van der Waals surface area contributed by atoms with Crippen LogP contribution in [0.3, 0.4) is 0 Å². The zero-order valence-corrected chi connectivity index (χ0v) is 10.7. The maximum absolute atomic E-state index is 11.3. The molecule has 1 N–H and O–H groups in total. The molecular weight excluding hydrogens is 234 g/mol. The van der Waals surface area contributed by atoms with E-state index in [2.05, 4.69) is 15.5 Å². The summed E-state index contributed by atoms with van der Waals surface area (Å²) in [6.07, 6.45) is 3.45. The minimum Gasteiger partial charge on any atom is -0.367 e. The Bertz CT molecular complexity index is 539. The van der Waals surface area contributed by atoms with Gasteiger partial charge in [0, 0.05) is 39.6 Å². The molecule has 2 atom stereocenters. The van der Waals surface area contributed by atoms with Gasteiger partial charge in [0.05, 0.1) is 6.20 Å². The van der Waals surface area contributed by atoms with Gasteiger partial charge in [-0.3, -0.25) is 4.21 Å². The van der Waals surface area contributed by atoms with E-state index in [0.29, 0.717) is 6.54 Å². The second-order valence-corrected chi connectivity index (χ2v) is 5.77. The van der Waals surface area contributed by atoms with Crippen LogP contribution in [0.4, 0.5) is 5.82 Å². The summed E-state index contributed by atoms with van der Waals surface area (Å²) >= 11 is 0. The van der Waals surface area contributed by atoms with Crippen molar-refractivity contribution in [3.05, 3.63) is 30.5 Å². The third kappa shape index (κ3) is 2.79. The first-order valence-electron chi connectivity index (χ1n) is 5.45. The van der Waals surface area contributed by atoms with Crippen molar-refractivity contribution in [2.24, 2.45) is 0 Å². The van der Waals surface area contributed by atoms with Crippen molar-refractivity contribution >= 4 is 27.4 Å². The molecule has 0 aliphatic heterocycles. The SMILES string of the molecule is CC(CNc1nncc2ccccc12)S(C)=O. The largest absolute Gasteiger partial charge is 0.367 e. The molecule has 2 rings (SSSR count). The Hall–Kier alpha value is -1.49. The molecule has 2 unspecified atom stereocenters. The van der Waals surface area contributed by atoms with Crippen molar-refractivity contribution in [1.82, 2.24) is 10.2 Å². The molecule has 17 heavy (non-hydrogen) atoms. The Kier molecular flexibility index (Phi) is 3.68. The Labute approximate surface area is 103 Å². The van der Waals surface area contributed by atoms with Crippen LogP contribution in [0, 0.1) is 0 Å². The van der Waals surface area contributed by atoms with Crippen LogP contribution in [0.25, 0.3) is 10.8 Å². The lowest BCUT2D eigenvalue weighted by atomic mass is 10.2. The molecule has 0 bridgehead atoms. The predicted octanol–water partition coefficient (Wildman–Crippen LogP) is 1.81. The minimum atomic E-state index is -0.828. The van der Waals surface area contributed by atoms with Gasteiger partial charge < -0.3 is 5.32 Å². The van der Waals surface area contributed by atoms with Gasteiger partial charge in [-0.2, -0.15) is 5.10 Å². The maximum Gasteiger partial charge on any atom is 0.156 e. The van der Waals surface area contributed by atoms with Crippen molar-refractivity contribution in [3.8, 4) is 0 Å². The van der Waals surface area contributed by atoms with Crippen LogP contribution >= 0.6 is 0 Å². The lowest BCUT2D eigenvalue weighted by molar-refractivity contribution is 0.678. The number of aromatic nitrogens is 2. The lowest BCUT2D eigenvalue weighted by Crippen LogP contribution is -2.21. The third-order valence-corrected chi connectivity index (χ3v) is 3.99. The molecule has 1 aromatic carbocycles. The van der Waals surface area contributed by atoms with E-state index < -0.39 is 10.8 Å². The van der Waals surface area contributed by atoms with Gasteiger partial charge in [0.25, 0.3) is 0 Å². The highest BCUT2D eigenvalue weighted by atomic mass is 32.2. The number of rotatable bonds is 4. The molecular formula is C12H15N3OS. The first-order chi connectivity index (χ1) is 8.18. The van der Waals surface area contributed by atoms with E-state index in [0.717, 1.165) is 16.6 Å². The molecule has 1 aromatic heterocycles. The van der Waals surface area contributed by atoms with Crippen LogP contribution in [0.1, 0.15) is 6.92 Å².